The van der Waals surface area contributed by atoms with E-state index in [1.54, 1.807) is 0 Å². The van der Waals surface area contributed by atoms with Crippen LogP contribution in [0.3, 0.4) is 0 Å². The van der Waals surface area contributed by atoms with Crippen molar-refractivity contribution in [3.8, 4) is 0 Å². The van der Waals surface area contributed by atoms with E-state index in [2.05, 4.69) is 12.2 Å². The minimum Gasteiger partial charge on any atom is -0.396 e. The first-order valence-corrected chi connectivity index (χ1v) is 5.76. The summed E-state index contributed by atoms with van der Waals surface area (Å²) < 4.78 is 0. The zero-order chi connectivity index (χ0) is 11.7. The highest BCUT2D eigenvalue weighted by molar-refractivity contribution is 5.81. The van der Waals surface area contributed by atoms with Gasteiger partial charge in [0, 0.05) is 13.2 Å². The zero-order valence-electron chi connectivity index (χ0n) is 9.83. The summed E-state index contributed by atoms with van der Waals surface area (Å²) in [6.07, 6.45) is 3.50. The van der Waals surface area contributed by atoms with Gasteiger partial charge in [-0.1, -0.05) is 26.7 Å². The van der Waals surface area contributed by atoms with Gasteiger partial charge < -0.3 is 16.2 Å². The molecule has 0 aromatic rings. The molecule has 4 nitrogen and oxygen atoms in total. The summed E-state index contributed by atoms with van der Waals surface area (Å²) >= 11 is 0. The van der Waals surface area contributed by atoms with Crippen LogP contribution in [0.25, 0.3) is 0 Å². The third-order valence-electron chi connectivity index (χ3n) is 2.45. The van der Waals surface area contributed by atoms with Crippen LogP contribution < -0.4 is 11.1 Å². The van der Waals surface area contributed by atoms with E-state index in [-0.39, 0.29) is 18.6 Å². The predicted octanol–water partition coefficient (Wildman–Crippen LogP) is 0.639. The average Bonchev–Trinajstić information content (AvgIpc) is 2.22. The van der Waals surface area contributed by atoms with Gasteiger partial charge in [0.15, 0.2) is 0 Å². The van der Waals surface area contributed by atoms with Gasteiger partial charge in [-0.05, 0) is 18.8 Å². The van der Waals surface area contributed by atoms with Crippen LogP contribution in [0.1, 0.15) is 39.5 Å². The van der Waals surface area contributed by atoms with Gasteiger partial charge in [-0.15, -0.1) is 0 Å². The molecule has 0 bridgehead atoms. The molecule has 4 N–H and O–H groups in total. The third kappa shape index (κ3) is 7.33. The van der Waals surface area contributed by atoms with Crippen molar-refractivity contribution in [3.05, 3.63) is 0 Å². The van der Waals surface area contributed by atoms with E-state index in [9.17, 15) is 4.79 Å². The Balaban J connectivity index is 3.63. The van der Waals surface area contributed by atoms with E-state index < -0.39 is 0 Å². The smallest absolute Gasteiger partial charge is 0.236 e. The van der Waals surface area contributed by atoms with Crippen molar-refractivity contribution in [1.82, 2.24) is 5.32 Å². The van der Waals surface area contributed by atoms with E-state index in [0.717, 1.165) is 19.3 Å². The lowest BCUT2D eigenvalue weighted by Gasteiger charge is -2.14. The second-order valence-electron chi connectivity index (χ2n) is 4.11. The summed E-state index contributed by atoms with van der Waals surface area (Å²) in [5.41, 5.74) is 5.70. The van der Waals surface area contributed by atoms with E-state index in [0.29, 0.717) is 18.9 Å². The monoisotopic (exact) mass is 216 g/mol. The van der Waals surface area contributed by atoms with Crippen molar-refractivity contribution in [1.29, 1.82) is 0 Å². The van der Waals surface area contributed by atoms with Crippen molar-refractivity contribution in [2.24, 2.45) is 11.7 Å². The third-order valence-corrected chi connectivity index (χ3v) is 2.45. The molecular formula is C11H24N2O2. The van der Waals surface area contributed by atoms with Gasteiger partial charge in [0.25, 0.3) is 0 Å². The fraction of sp³-hybridized carbons (Fsp3) is 0.909. The average molecular weight is 216 g/mol. The first kappa shape index (κ1) is 14.4. The first-order valence-electron chi connectivity index (χ1n) is 5.76. The number of carbonyl (C=O) groups excluding carboxylic acids is 1. The molecule has 0 saturated carbocycles. The van der Waals surface area contributed by atoms with Crippen molar-refractivity contribution in [3.63, 3.8) is 0 Å². The van der Waals surface area contributed by atoms with E-state index in [1.165, 1.54) is 0 Å². The van der Waals surface area contributed by atoms with Crippen LogP contribution in [0, 0.1) is 5.92 Å². The summed E-state index contributed by atoms with van der Waals surface area (Å²) in [5.74, 6) is 0.227. The Kier molecular flexibility index (Phi) is 8.33. The van der Waals surface area contributed by atoms with Gasteiger partial charge in [-0.25, -0.2) is 0 Å². The number of rotatable bonds is 8. The number of amides is 1. The lowest BCUT2D eigenvalue weighted by Crippen LogP contribution is -2.42. The Labute approximate surface area is 92.2 Å². The summed E-state index contributed by atoms with van der Waals surface area (Å²) in [6.45, 7) is 4.83. The van der Waals surface area contributed by atoms with Crippen LogP contribution in [-0.2, 0) is 4.79 Å². The van der Waals surface area contributed by atoms with Gasteiger partial charge in [-0.2, -0.15) is 0 Å². The molecule has 0 heterocycles. The number of nitrogens with one attached hydrogen (secondary N) is 1. The first-order chi connectivity index (χ1) is 7.11. The maximum Gasteiger partial charge on any atom is 0.236 e. The number of carbonyl (C=O) groups is 1. The Hall–Kier alpha value is -0.610. The van der Waals surface area contributed by atoms with E-state index >= 15 is 0 Å². The minimum atomic E-state index is -0.383. The Morgan fingerprint density at radius 3 is 2.67 bits per heavy atom. The van der Waals surface area contributed by atoms with Crippen LogP contribution in [0.5, 0.6) is 0 Å². The zero-order valence-corrected chi connectivity index (χ0v) is 9.83. The van der Waals surface area contributed by atoms with Crippen LogP contribution in [-0.4, -0.2) is 30.2 Å². The Bertz CT molecular complexity index is 174. The number of hydrogen-bond donors (Lipinski definition) is 3. The minimum absolute atomic E-state index is 0.0757. The molecule has 0 radical (unpaired) electrons. The molecule has 4 heteroatoms. The number of hydrogen-bond acceptors (Lipinski definition) is 3. The van der Waals surface area contributed by atoms with Crippen LogP contribution in [0.2, 0.25) is 0 Å². The van der Waals surface area contributed by atoms with Crippen molar-refractivity contribution >= 4 is 5.91 Å². The molecule has 15 heavy (non-hydrogen) atoms. The summed E-state index contributed by atoms with van der Waals surface area (Å²) in [5, 5.41) is 11.5. The van der Waals surface area contributed by atoms with Crippen molar-refractivity contribution < 1.29 is 9.90 Å². The van der Waals surface area contributed by atoms with Crippen molar-refractivity contribution in [2.75, 3.05) is 13.2 Å². The topological polar surface area (TPSA) is 75.4 Å². The summed E-state index contributed by atoms with van der Waals surface area (Å²) in [7, 11) is 0. The second-order valence-corrected chi connectivity index (χ2v) is 4.11. The Morgan fingerprint density at radius 1 is 1.47 bits per heavy atom. The van der Waals surface area contributed by atoms with Gasteiger partial charge in [-0.3, -0.25) is 4.79 Å². The highest BCUT2D eigenvalue weighted by atomic mass is 16.3. The van der Waals surface area contributed by atoms with Gasteiger partial charge in [0.1, 0.15) is 0 Å². The molecule has 0 spiro atoms. The number of aliphatic hydroxyl groups excluding tert-OH is 1. The second kappa shape index (κ2) is 8.68. The van der Waals surface area contributed by atoms with Crippen LogP contribution in [0.15, 0.2) is 0 Å². The molecule has 0 aliphatic rings. The Morgan fingerprint density at radius 2 is 2.13 bits per heavy atom. The maximum atomic E-state index is 11.5. The highest BCUT2D eigenvalue weighted by Crippen LogP contribution is 2.00. The largest absolute Gasteiger partial charge is 0.396 e. The molecule has 0 aromatic heterocycles. The molecule has 0 aromatic carbocycles. The molecule has 0 rings (SSSR count). The summed E-state index contributed by atoms with van der Waals surface area (Å²) in [4.78, 5) is 11.5. The number of aliphatic hydroxyl groups is 1. The predicted molar refractivity (Wildman–Crippen MR) is 61.4 cm³/mol. The number of nitrogens with two attached hydrogens (primary N) is 1. The van der Waals surface area contributed by atoms with Crippen LogP contribution >= 0.6 is 0 Å². The lowest BCUT2D eigenvalue weighted by atomic mass is 10.1. The van der Waals surface area contributed by atoms with Crippen LogP contribution in [0.4, 0.5) is 0 Å². The standard InChI is InChI=1S/C11H24N2O2/c1-3-4-5-10(12)11(15)13-8-9(2)6-7-14/h9-10,14H,3-8,12H2,1-2H3,(H,13,15). The molecule has 0 fully saturated rings. The molecule has 0 aliphatic carbocycles. The summed E-state index contributed by atoms with van der Waals surface area (Å²) in [6, 6.07) is -0.383. The maximum absolute atomic E-state index is 11.5. The lowest BCUT2D eigenvalue weighted by molar-refractivity contribution is -0.122. The van der Waals surface area contributed by atoms with Crippen molar-refractivity contribution in [2.45, 2.75) is 45.6 Å². The van der Waals surface area contributed by atoms with Gasteiger partial charge in [0.2, 0.25) is 5.91 Å². The molecule has 2 atom stereocenters. The molecule has 90 valence electrons. The fourth-order valence-corrected chi connectivity index (χ4v) is 1.28. The molecule has 0 aliphatic heterocycles. The molecule has 2 unspecified atom stereocenters. The molecule has 0 saturated heterocycles. The SMILES string of the molecule is CCCCC(N)C(=O)NCC(C)CCO. The molecular weight excluding hydrogens is 192 g/mol. The van der Waals surface area contributed by atoms with Gasteiger partial charge >= 0.3 is 0 Å². The van der Waals surface area contributed by atoms with Gasteiger partial charge in [0.05, 0.1) is 6.04 Å². The normalized spacial score (nSPS) is 14.7. The quantitative estimate of drug-likeness (QED) is 0.557. The number of unbranched alkanes of at least 4 members (excludes halogenated alkanes) is 1. The van der Waals surface area contributed by atoms with E-state index in [4.69, 9.17) is 10.8 Å². The fourth-order valence-electron chi connectivity index (χ4n) is 1.28. The van der Waals surface area contributed by atoms with E-state index in [1.807, 2.05) is 6.92 Å². The highest BCUT2D eigenvalue weighted by Gasteiger charge is 2.12. The molecule has 1 amide bonds.